The fraction of sp³-hybridized carbons (Fsp3) is 0.0952. The second-order valence-corrected chi connectivity index (χ2v) is 6.28. The number of aromatic hydroxyl groups is 1. The Morgan fingerprint density at radius 3 is 2.75 bits per heavy atom. The number of methoxy groups -OCH3 is 1. The number of ether oxygens (including phenoxy) is 1. The van der Waals surface area contributed by atoms with Crippen LogP contribution in [0.4, 0.5) is 5.69 Å². The van der Waals surface area contributed by atoms with Crippen molar-refractivity contribution in [2.75, 3.05) is 12.4 Å². The molecule has 2 aromatic carbocycles. The first-order valence-electron chi connectivity index (χ1n) is 8.65. The van der Waals surface area contributed by atoms with Crippen molar-refractivity contribution in [3.8, 4) is 34.0 Å². The Kier molecular flexibility index (Phi) is 4.41. The van der Waals surface area contributed by atoms with Crippen molar-refractivity contribution in [3.63, 3.8) is 0 Å². The summed E-state index contributed by atoms with van der Waals surface area (Å²) in [5.74, 6) is 0.329. The molecule has 2 heterocycles. The van der Waals surface area contributed by atoms with Crippen molar-refractivity contribution in [2.24, 2.45) is 0 Å². The first-order valence-corrected chi connectivity index (χ1v) is 8.65. The SMILES string of the molecule is COc1cc(-c2ccc3ncc(-c4cccc(NC(C)=O)c4)n3n2)ccc1O. The molecule has 0 unspecified atom stereocenters. The maximum absolute atomic E-state index is 11.3. The number of rotatable bonds is 4. The van der Waals surface area contributed by atoms with E-state index >= 15 is 0 Å². The predicted octanol–water partition coefficient (Wildman–Crippen LogP) is 3.74. The molecule has 4 rings (SSSR count). The highest BCUT2D eigenvalue weighted by Crippen LogP contribution is 2.31. The molecule has 28 heavy (non-hydrogen) atoms. The van der Waals surface area contributed by atoms with Crippen LogP contribution in [-0.4, -0.2) is 32.7 Å². The van der Waals surface area contributed by atoms with Gasteiger partial charge >= 0.3 is 0 Å². The molecule has 0 aliphatic rings. The topological polar surface area (TPSA) is 88.8 Å². The highest BCUT2D eigenvalue weighted by atomic mass is 16.5. The van der Waals surface area contributed by atoms with E-state index in [2.05, 4.69) is 10.3 Å². The summed E-state index contributed by atoms with van der Waals surface area (Å²) in [4.78, 5) is 15.7. The molecule has 7 heteroatoms. The monoisotopic (exact) mass is 374 g/mol. The molecule has 0 bridgehead atoms. The number of hydrogen-bond donors (Lipinski definition) is 2. The van der Waals surface area contributed by atoms with Gasteiger partial charge < -0.3 is 15.2 Å². The number of carbonyl (C=O) groups is 1. The van der Waals surface area contributed by atoms with Gasteiger partial charge in [0.2, 0.25) is 5.91 Å². The Balaban J connectivity index is 1.80. The van der Waals surface area contributed by atoms with E-state index in [4.69, 9.17) is 9.84 Å². The van der Waals surface area contributed by atoms with Gasteiger partial charge in [0.15, 0.2) is 17.1 Å². The summed E-state index contributed by atoms with van der Waals surface area (Å²) in [6.07, 6.45) is 1.75. The van der Waals surface area contributed by atoms with Crippen LogP contribution in [0.15, 0.2) is 60.8 Å². The fourth-order valence-electron chi connectivity index (χ4n) is 3.02. The van der Waals surface area contributed by atoms with E-state index in [0.717, 1.165) is 16.8 Å². The average Bonchev–Trinajstić information content (AvgIpc) is 3.11. The molecule has 7 nitrogen and oxygen atoms in total. The highest BCUT2D eigenvalue weighted by Gasteiger charge is 2.11. The van der Waals surface area contributed by atoms with Crippen molar-refractivity contribution in [2.45, 2.75) is 6.92 Å². The van der Waals surface area contributed by atoms with E-state index in [9.17, 15) is 9.90 Å². The molecule has 0 aliphatic carbocycles. The third-order valence-corrected chi connectivity index (χ3v) is 4.32. The van der Waals surface area contributed by atoms with Crippen LogP contribution in [0.25, 0.3) is 28.2 Å². The second-order valence-electron chi connectivity index (χ2n) is 6.28. The maximum Gasteiger partial charge on any atom is 0.221 e. The summed E-state index contributed by atoms with van der Waals surface area (Å²) >= 11 is 0. The molecule has 140 valence electrons. The van der Waals surface area contributed by atoms with E-state index in [0.29, 0.717) is 22.8 Å². The molecule has 2 aromatic heterocycles. The molecule has 0 saturated carbocycles. The van der Waals surface area contributed by atoms with Gasteiger partial charge in [0.05, 0.1) is 24.7 Å². The van der Waals surface area contributed by atoms with Crippen LogP contribution in [0.5, 0.6) is 11.5 Å². The lowest BCUT2D eigenvalue weighted by Crippen LogP contribution is -2.05. The Morgan fingerprint density at radius 1 is 1.11 bits per heavy atom. The maximum atomic E-state index is 11.3. The number of nitrogens with one attached hydrogen (secondary N) is 1. The lowest BCUT2D eigenvalue weighted by atomic mass is 10.1. The summed E-state index contributed by atoms with van der Waals surface area (Å²) < 4.78 is 6.94. The first kappa shape index (κ1) is 17.5. The third-order valence-electron chi connectivity index (χ3n) is 4.32. The minimum Gasteiger partial charge on any atom is -0.504 e. The van der Waals surface area contributed by atoms with E-state index in [-0.39, 0.29) is 11.7 Å². The number of amides is 1. The molecule has 0 radical (unpaired) electrons. The number of fused-ring (bicyclic) bond motifs is 1. The molecule has 4 aromatic rings. The first-order chi connectivity index (χ1) is 13.5. The van der Waals surface area contributed by atoms with Gasteiger partial charge in [-0.15, -0.1) is 0 Å². The third kappa shape index (κ3) is 3.25. The van der Waals surface area contributed by atoms with Crippen LogP contribution in [0.3, 0.4) is 0 Å². The summed E-state index contributed by atoms with van der Waals surface area (Å²) in [5.41, 5.74) is 4.61. The average molecular weight is 374 g/mol. The van der Waals surface area contributed by atoms with Gasteiger partial charge in [0.1, 0.15) is 0 Å². The molecule has 0 saturated heterocycles. The minimum absolute atomic E-state index is 0.0745. The molecular weight excluding hydrogens is 356 g/mol. The summed E-state index contributed by atoms with van der Waals surface area (Å²) in [6, 6.07) is 16.3. The van der Waals surface area contributed by atoms with E-state index in [1.807, 2.05) is 36.4 Å². The van der Waals surface area contributed by atoms with E-state index in [1.54, 1.807) is 28.9 Å². The molecular formula is C21H18N4O3. The van der Waals surface area contributed by atoms with Gasteiger partial charge in [-0.25, -0.2) is 9.50 Å². The smallest absolute Gasteiger partial charge is 0.221 e. The fourth-order valence-corrected chi connectivity index (χ4v) is 3.02. The van der Waals surface area contributed by atoms with Crippen LogP contribution >= 0.6 is 0 Å². The Morgan fingerprint density at radius 2 is 1.96 bits per heavy atom. The molecule has 0 aliphatic heterocycles. The Bertz CT molecular complexity index is 1180. The summed E-state index contributed by atoms with van der Waals surface area (Å²) in [6.45, 7) is 1.47. The Labute approximate surface area is 161 Å². The number of phenolic OH excluding ortho intramolecular Hbond substituents is 1. The number of aromatic nitrogens is 3. The van der Waals surface area contributed by atoms with Crippen LogP contribution in [0, 0.1) is 0 Å². The molecule has 1 amide bonds. The van der Waals surface area contributed by atoms with Gasteiger partial charge in [-0.2, -0.15) is 5.10 Å². The van der Waals surface area contributed by atoms with Crippen molar-refractivity contribution in [3.05, 3.63) is 60.8 Å². The number of hydrogen-bond acceptors (Lipinski definition) is 5. The van der Waals surface area contributed by atoms with E-state index < -0.39 is 0 Å². The largest absolute Gasteiger partial charge is 0.504 e. The van der Waals surface area contributed by atoms with Gasteiger partial charge in [0, 0.05) is 23.7 Å². The van der Waals surface area contributed by atoms with Crippen LogP contribution < -0.4 is 10.1 Å². The van der Waals surface area contributed by atoms with Gasteiger partial charge in [0.25, 0.3) is 0 Å². The zero-order valence-corrected chi connectivity index (χ0v) is 15.4. The lowest BCUT2D eigenvalue weighted by Gasteiger charge is -2.08. The number of phenols is 1. The molecule has 0 fully saturated rings. The summed E-state index contributed by atoms with van der Waals surface area (Å²) in [5, 5.41) is 17.3. The van der Waals surface area contributed by atoms with Crippen LogP contribution in [-0.2, 0) is 4.79 Å². The number of nitrogens with zero attached hydrogens (tertiary/aromatic N) is 3. The quantitative estimate of drug-likeness (QED) is 0.568. The van der Waals surface area contributed by atoms with Crippen molar-refractivity contribution >= 4 is 17.2 Å². The number of imidazole rings is 1. The highest BCUT2D eigenvalue weighted by molar-refractivity contribution is 5.89. The van der Waals surface area contributed by atoms with E-state index in [1.165, 1.54) is 14.0 Å². The second kappa shape index (κ2) is 7.03. The van der Waals surface area contributed by atoms with Crippen LogP contribution in [0.2, 0.25) is 0 Å². The van der Waals surface area contributed by atoms with Gasteiger partial charge in [-0.3, -0.25) is 4.79 Å². The number of anilines is 1. The van der Waals surface area contributed by atoms with Crippen molar-refractivity contribution < 1.29 is 14.6 Å². The zero-order valence-electron chi connectivity index (χ0n) is 15.4. The zero-order chi connectivity index (χ0) is 19.7. The number of benzene rings is 2. The normalized spacial score (nSPS) is 10.8. The molecule has 2 N–H and O–H groups in total. The van der Waals surface area contributed by atoms with Gasteiger partial charge in [-0.05, 0) is 42.5 Å². The number of carbonyl (C=O) groups excluding carboxylic acids is 1. The lowest BCUT2D eigenvalue weighted by molar-refractivity contribution is -0.114. The minimum atomic E-state index is -0.128. The van der Waals surface area contributed by atoms with Crippen LogP contribution in [0.1, 0.15) is 6.92 Å². The van der Waals surface area contributed by atoms with Crippen molar-refractivity contribution in [1.29, 1.82) is 0 Å². The van der Waals surface area contributed by atoms with Crippen molar-refractivity contribution in [1.82, 2.24) is 14.6 Å². The predicted molar refractivity (Wildman–Crippen MR) is 106 cm³/mol. The molecule has 0 atom stereocenters. The molecule has 0 spiro atoms. The van der Waals surface area contributed by atoms with Gasteiger partial charge in [-0.1, -0.05) is 12.1 Å². The standard InChI is InChI=1S/C21H18N4O3/c1-13(26)23-16-5-3-4-15(10-16)18-12-22-21-9-7-17(24-25(18)21)14-6-8-19(27)20(11-14)28-2/h3-12,27H,1-2H3,(H,23,26). The summed E-state index contributed by atoms with van der Waals surface area (Å²) in [7, 11) is 1.51. The Hall–Kier alpha value is -3.87.